The van der Waals surface area contributed by atoms with Gasteiger partial charge in [0.15, 0.2) is 6.29 Å². The maximum absolute atomic E-state index is 13.1. The Morgan fingerprint density at radius 3 is 2.29 bits per heavy atom. The van der Waals surface area contributed by atoms with Crippen LogP contribution in [0, 0.1) is 0 Å². The standard InChI is InChI=1S/C14H21F3N2O2/c1-4-19-12(13(20-5-2)21-6-3)10-9-18-8-7-11(10)14(15,16)17/h7-9,12-13,19H,4-6H2,1-3H3. The van der Waals surface area contributed by atoms with E-state index in [2.05, 4.69) is 10.3 Å². The lowest BCUT2D eigenvalue weighted by Gasteiger charge is -2.29. The second-order valence-electron chi connectivity index (χ2n) is 4.28. The van der Waals surface area contributed by atoms with Gasteiger partial charge in [0.2, 0.25) is 0 Å². The van der Waals surface area contributed by atoms with Crippen molar-refractivity contribution in [1.29, 1.82) is 0 Å². The Balaban J connectivity index is 3.21. The van der Waals surface area contributed by atoms with Crippen LogP contribution in [-0.2, 0) is 15.7 Å². The zero-order valence-corrected chi connectivity index (χ0v) is 12.4. The molecule has 0 amide bonds. The quantitative estimate of drug-likeness (QED) is 0.749. The first-order chi connectivity index (χ1) is 9.95. The van der Waals surface area contributed by atoms with Crippen LogP contribution in [0.5, 0.6) is 0 Å². The minimum Gasteiger partial charge on any atom is -0.351 e. The molecule has 21 heavy (non-hydrogen) atoms. The summed E-state index contributed by atoms with van der Waals surface area (Å²) in [4.78, 5) is 3.81. The Morgan fingerprint density at radius 2 is 1.81 bits per heavy atom. The zero-order valence-electron chi connectivity index (χ0n) is 12.4. The third-order valence-electron chi connectivity index (χ3n) is 2.85. The second-order valence-corrected chi connectivity index (χ2v) is 4.28. The van der Waals surface area contributed by atoms with E-state index in [9.17, 15) is 13.2 Å². The topological polar surface area (TPSA) is 43.4 Å². The highest BCUT2D eigenvalue weighted by atomic mass is 19.4. The maximum atomic E-state index is 13.1. The molecule has 0 radical (unpaired) electrons. The molecule has 7 heteroatoms. The number of alkyl halides is 3. The number of halogens is 3. The Kier molecular flexibility index (Phi) is 7.07. The molecule has 1 aromatic rings. The highest BCUT2D eigenvalue weighted by Gasteiger charge is 2.37. The molecule has 0 saturated heterocycles. The summed E-state index contributed by atoms with van der Waals surface area (Å²) in [5, 5.41) is 2.99. The number of nitrogens with one attached hydrogen (secondary N) is 1. The molecule has 0 fully saturated rings. The fourth-order valence-electron chi connectivity index (χ4n) is 2.05. The van der Waals surface area contributed by atoms with E-state index >= 15 is 0 Å². The number of rotatable bonds is 8. The molecule has 0 spiro atoms. The molecule has 0 bridgehead atoms. The number of hydrogen-bond donors (Lipinski definition) is 1. The van der Waals surface area contributed by atoms with Crippen molar-refractivity contribution in [2.75, 3.05) is 19.8 Å². The van der Waals surface area contributed by atoms with Gasteiger partial charge in [0.1, 0.15) is 0 Å². The predicted octanol–water partition coefficient (Wildman–Crippen LogP) is 3.15. The number of pyridine rings is 1. The molecule has 0 aromatic carbocycles. The minimum atomic E-state index is -4.45. The van der Waals surface area contributed by atoms with Gasteiger partial charge in [0, 0.05) is 31.2 Å². The van der Waals surface area contributed by atoms with Crippen LogP contribution in [0.2, 0.25) is 0 Å². The first-order valence-electron chi connectivity index (χ1n) is 6.93. The van der Waals surface area contributed by atoms with Crippen LogP contribution in [-0.4, -0.2) is 31.0 Å². The lowest BCUT2D eigenvalue weighted by atomic mass is 10.0. The van der Waals surface area contributed by atoms with Gasteiger partial charge in [-0.3, -0.25) is 4.98 Å². The van der Waals surface area contributed by atoms with Crippen molar-refractivity contribution in [3.05, 3.63) is 29.6 Å². The normalized spacial score (nSPS) is 13.7. The summed E-state index contributed by atoms with van der Waals surface area (Å²) in [6.45, 7) is 6.51. The summed E-state index contributed by atoms with van der Waals surface area (Å²) >= 11 is 0. The molecule has 1 atom stereocenters. The molecule has 1 unspecified atom stereocenters. The SMILES string of the molecule is CCNC(c1cnccc1C(F)(F)F)C(OCC)OCC. The monoisotopic (exact) mass is 306 g/mol. The molecule has 0 aliphatic carbocycles. The summed E-state index contributed by atoms with van der Waals surface area (Å²) in [6.07, 6.45) is -2.91. The third kappa shape index (κ3) is 4.94. The molecule has 0 saturated carbocycles. The van der Waals surface area contributed by atoms with Crippen molar-refractivity contribution in [1.82, 2.24) is 10.3 Å². The largest absolute Gasteiger partial charge is 0.416 e. The van der Waals surface area contributed by atoms with E-state index in [0.717, 1.165) is 12.3 Å². The Bertz CT molecular complexity index is 421. The van der Waals surface area contributed by atoms with E-state index in [0.29, 0.717) is 19.8 Å². The number of aromatic nitrogens is 1. The van der Waals surface area contributed by atoms with Crippen LogP contribution in [0.25, 0.3) is 0 Å². The average Bonchev–Trinajstić information content (AvgIpc) is 2.44. The second kappa shape index (κ2) is 8.31. The number of likely N-dealkylation sites (N-methyl/N-ethyl adjacent to an activating group) is 1. The molecule has 0 aliphatic rings. The summed E-state index contributed by atoms with van der Waals surface area (Å²) in [5.41, 5.74) is -0.702. The highest BCUT2D eigenvalue weighted by Crippen LogP contribution is 2.35. The van der Waals surface area contributed by atoms with Crippen molar-refractivity contribution >= 4 is 0 Å². The van der Waals surface area contributed by atoms with Gasteiger partial charge < -0.3 is 14.8 Å². The van der Waals surface area contributed by atoms with Crippen molar-refractivity contribution in [3.63, 3.8) is 0 Å². The van der Waals surface area contributed by atoms with E-state index in [1.54, 1.807) is 13.8 Å². The minimum absolute atomic E-state index is 0.0266. The van der Waals surface area contributed by atoms with Gasteiger partial charge in [-0.15, -0.1) is 0 Å². The highest BCUT2D eigenvalue weighted by molar-refractivity contribution is 5.29. The van der Waals surface area contributed by atoms with Gasteiger partial charge in [-0.05, 0) is 26.5 Å². The summed E-state index contributed by atoms with van der Waals surface area (Å²) < 4.78 is 50.3. The molecule has 0 aliphatic heterocycles. The summed E-state index contributed by atoms with van der Waals surface area (Å²) in [6, 6.07) is 0.231. The Labute approximate surface area is 122 Å². The molecule has 120 valence electrons. The fourth-order valence-corrected chi connectivity index (χ4v) is 2.05. The Morgan fingerprint density at radius 1 is 1.19 bits per heavy atom. The van der Waals surface area contributed by atoms with Crippen LogP contribution in [0.3, 0.4) is 0 Å². The van der Waals surface area contributed by atoms with E-state index in [-0.39, 0.29) is 5.56 Å². The van der Waals surface area contributed by atoms with Crippen molar-refractivity contribution in [2.45, 2.75) is 39.3 Å². The maximum Gasteiger partial charge on any atom is 0.416 e. The molecule has 4 nitrogen and oxygen atoms in total. The Hall–Kier alpha value is -1.18. The van der Waals surface area contributed by atoms with E-state index in [1.165, 1.54) is 6.20 Å². The lowest BCUT2D eigenvalue weighted by Crippen LogP contribution is -2.37. The van der Waals surface area contributed by atoms with Crippen LogP contribution in [0.1, 0.15) is 37.9 Å². The molecule has 1 rings (SSSR count). The van der Waals surface area contributed by atoms with E-state index in [1.807, 2.05) is 6.92 Å². The van der Waals surface area contributed by atoms with E-state index in [4.69, 9.17) is 9.47 Å². The van der Waals surface area contributed by atoms with Crippen LogP contribution in [0.4, 0.5) is 13.2 Å². The zero-order chi connectivity index (χ0) is 15.9. The van der Waals surface area contributed by atoms with Crippen molar-refractivity contribution < 1.29 is 22.6 Å². The van der Waals surface area contributed by atoms with E-state index < -0.39 is 24.1 Å². The van der Waals surface area contributed by atoms with Gasteiger partial charge in [0.05, 0.1) is 11.6 Å². The average molecular weight is 306 g/mol. The first kappa shape index (κ1) is 17.9. The van der Waals surface area contributed by atoms with Crippen LogP contribution in [0.15, 0.2) is 18.5 Å². The fraction of sp³-hybridized carbons (Fsp3) is 0.643. The number of nitrogens with zero attached hydrogens (tertiary/aromatic N) is 1. The third-order valence-corrected chi connectivity index (χ3v) is 2.85. The summed E-state index contributed by atoms with van der Waals surface area (Å²) in [7, 11) is 0. The van der Waals surface area contributed by atoms with Gasteiger partial charge in [-0.2, -0.15) is 13.2 Å². The van der Waals surface area contributed by atoms with Crippen molar-refractivity contribution in [2.24, 2.45) is 0 Å². The van der Waals surface area contributed by atoms with Crippen LogP contribution < -0.4 is 5.32 Å². The smallest absolute Gasteiger partial charge is 0.351 e. The van der Waals surface area contributed by atoms with Gasteiger partial charge in [-0.25, -0.2) is 0 Å². The van der Waals surface area contributed by atoms with Crippen molar-refractivity contribution in [3.8, 4) is 0 Å². The van der Waals surface area contributed by atoms with Gasteiger partial charge >= 0.3 is 6.18 Å². The molecule has 1 N–H and O–H groups in total. The molecule has 1 heterocycles. The van der Waals surface area contributed by atoms with Crippen LogP contribution >= 0.6 is 0 Å². The van der Waals surface area contributed by atoms with Gasteiger partial charge in [-0.1, -0.05) is 6.92 Å². The number of hydrogen-bond acceptors (Lipinski definition) is 4. The lowest BCUT2D eigenvalue weighted by molar-refractivity contribution is -0.159. The predicted molar refractivity (Wildman–Crippen MR) is 72.7 cm³/mol. The molecular weight excluding hydrogens is 285 g/mol. The van der Waals surface area contributed by atoms with Gasteiger partial charge in [0.25, 0.3) is 0 Å². The summed E-state index contributed by atoms with van der Waals surface area (Å²) in [5.74, 6) is 0. The molecule has 1 aromatic heterocycles. The first-order valence-corrected chi connectivity index (χ1v) is 6.93. The number of ether oxygens (including phenoxy) is 2. The molecular formula is C14H21F3N2O2.